The van der Waals surface area contributed by atoms with E-state index in [1.54, 1.807) is 7.11 Å². The first kappa shape index (κ1) is 15.9. The van der Waals surface area contributed by atoms with Crippen LogP contribution in [0, 0.1) is 6.92 Å². The second kappa shape index (κ2) is 6.87. The van der Waals surface area contributed by atoms with E-state index in [9.17, 15) is 0 Å². The Hall–Kier alpha value is -1.13. The van der Waals surface area contributed by atoms with Crippen molar-refractivity contribution in [2.24, 2.45) is 5.73 Å². The molecule has 108 valence electrons. The number of hydrogen-bond donors (Lipinski definition) is 1. The molecule has 0 amide bonds. The van der Waals surface area contributed by atoms with Crippen LogP contribution in [-0.4, -0.2) is 30.3 Å². The van der Waals surface area contributed by atoms with Gasteiger partial charge in [0.1, 0.15) is 5.75 Å². The molecule has 0 fully saturated rings. The molecule has 4 nitrogen and oxygen atoms in total. The fourth-order valence-corrected chi connectivity index (χ4v) is 1.69. The van der Waals surface area contributed by atoms with Gasteiger partial charge in [0.05, 0.1) is 17.9 Å². The zero-order valence-electron chi connectivity index (χ0n) is 12.7. The molecule has 0 saturated heterocycles. The third kappa shape index (κ3) is 5.57. The summed E-state index contributed by atoms with van der Waals surface area (Å²) in [6.45, 7) is 8.65. The highest BCUT2D eigenvalue weighted by molar-refractivity contribution is 5.29. The smallest absolute Gasteiger partial charge is 0.140 e. The molecule has 0 spiro atoms. The van der Waals surface area contributed by atoms with Crippen molar-refractivity contribution in [1.29, 1.82) is 0 Å². The van der Waals surface area contributed by atoms with Crippen LogP contribution in [0.1, 0.15) is 38.6 Å². The molecule has 1 heterocycles. The minimum Gasteiger partial charge on any atom is -0.492 e. The molecule has 1 aromatic rings. The molecule has 4 heteroatoms. The molecule has 0 aromatic carbocycles. The number of aryl methyl sites for hydroxylation is 1. The summed E-state index contributed by atoms with van der Waals surface area (Å²) in [7, 11) is 1.72. The first-order valence-corrected chi connectivity index (χ1v) is 6.74. The Bertz CT molecular complexity index is 403. The first-order valence-electron chi connectivity index (χ1n) is 6.74. The number of ether oxygens (including phenoxy) is 2. The lowest BCUT2D eigenvalue weighted by atomic mass is 10.1. The first-order chi connectivity index (χ1) is 8.84. The summed E-state index contributed by atoms with van der Waals surface area (Å²) in [5.41, 5.74) is 7.60. The fourth-order valence-electron chi connectivity index (χ4n) is 1.69. The van der Waals surface area contributed by atoms with E-state index in [1.165, 1.54) is 0 Å². The Morgan fingerprint density at radius 2 is 2.05 bits per heavy atom. The second-order valence-electron chi connectivity index (χ2n) is 5.64. The van der Waals surface area contributed by atoms with Gasteiger partial charge in [0.2, 0.25) is 0 Å². The third-order valence-corrected chi connectivity index (χ3v) is 3.10. The van der Waals surface area contributed by atoms with Crippen LogP contribution in [0.4, 0.5) is 0 Å². The highest BCUT2D eigenvalue weighted by Crippen LogP contribution is 2.20. The molecule has 1 aromatic heterocycles. The minimum absolute atomic E-state index is 0.0760. The molecule has 1 rings (SSSR count). The average Bonchev–Trinajstić information content (AvgIpc) is 2.31. The molecule has 0 saturated carbocycles. The molecule has 0 radical (unpaired) electrons. The van der Waals surface area contributed by atoms with Crippen LogP contribution in [0.5, 0.6) is 5.75 Å². The van der Waals surface area contributed by atoms with Gasteiger partial charge in [0.15, 0.2) is 0 Å². The highest BCUT2D eigenvalue weighted by Gasteiger charge is 2.17. The van der Waals surface area contributed by atoms with Gasteiger partial charge < -0.3 is 15.2 Å². The topological polar surface area (TPSA) is 57.4 Å². The SMILES string of the molecule is COC(C)(C)CCOc1ccc(C)nc1CC(C)N. The molecule has 1 atom stereocenters. The third-order valence-electron chi connectivity index (χ3n) is 3.10. The number of aromatic nitrogens is 1. The van der Waals surface area contributed by atoms with Gasteiger partial charge in [-0.3, -0.25) is 4.98 Å². The highest BCUT2D eigenvalue weighted by atomic mass is 16.5. The summed E-state index contributed by atoms with van der Waals surface area (Å²) < 4.78 is 11.2. The van der Waals surface area contributed by atoms with E-state index >= 15 is 0 Å². The Labute approximate surface area is 116 Å². The zero-order valence-corrected chi connectivity index (χ0v) is 12.7. The molecular formula is C15H26N2O2. The molecule has 1 unspecified atom stereocenters. The van der Waals surface area contributed by atoms with Gasteiger partial charge in [-0.2, -0.15) is 0 Å². The molecule has 0 aliphatic carbocycles. The normalized spacial score (nSPS) is 13.4. The maximum atomic E-state index is 5.85. The number of rotatable bonds is 7. The van der Waals surface area contributed by atoms with Gasteiger partial charge in [0.25, 0.3) is 0 Å². The number of hydrogen-bond acceptors (Lipinski definition) is 4. The van der Waals surface area contributed by atoms with E-state index in [2.05, 4.69) is 4.98 Å². The van der Waals surface area contributed by atoms with Crippen molar-refractivity contribution in [3.05, 3.63) is 23.5 Å². The van der Waals surface area contributed by atoms with Gasteiger partial charge in [-0.1, -0.05) is 0 Å². The van der Waals surface area contributed by atoms with Gasteiger partial charge in [-0.25, -0.2) is 0 Å². The van der Waals surface area contributed by atoms with E-state index in [0.29, 0.717) is 6.61 Å². The van der Waals surface area contributed by atoms with Crippen LogP contribution in [0.15, 0.2) is 12.1 Å². The van der Waals surface area contributed by atoms with Gasteiger partial charge >= 0.3 is 0 Å². The largest absolute Gasteiger partial charge is 0.492 e. The van der Waals surface area contributed by atoms with Crippen molar-refractivity contribution in [2.75, 3.05) is 13.7 Å². The quantitative estimate of drug-likeness (QED) is 0.823. The zero-order chi connectivity index (χ0) is 14.5. The van der Waals surface area contributed by atoms with Crippen molar-refractivity contribution in [2.45, 2.75) is 52.2 Å². The lowest BCUT2D eigenvalue weighted by Gasteiger charge is -2.23. The van der Waals surface area contributed by atoms with Crippen molar-refractivity contribution < 1.29 is 9.47 Å². The fraction of sp³-hybridized carbons (Fsp3) is 0.667. The molecule has 19 heavy (non-hydrogen) atoms. The van der Waals surface area contributed by atoms with Crippen LogP contribution in [0.2, 0.25) is 0 Å². The average molecular weight is 266 g/mol. The maximum Gasteiger partial charge on any atom is 0.140 e. The Morgan fingerprint density at radius 3 is 2.63 bits per heavy atom. The lowest BCUT2D eigenvalue weighted by molar-refractivity contribution is 0.00533. The maximum absolute atomic E-state index is 5.85. The Kier molecular flexibility index (Phi) is 5.76. The second-order valence-corrected chi connectivity index (χ2v) is 5.64. The summed E-state index contributed by atoms with van der Waals surface area (Å²) >= 11 is 0. The summed E-state index contributed by atoms with van der Waals surface area (Å²) in [6, 6.07) is 4.01. The molecular weight excluding hydrogens is 240 g/mol. The molecule has 0 aliphatic heterocycles. The van der Waals surface area contributed by atoms with Crippen molar-refractivity contribution in [1.82, 2.24) is 4.98 Å². The Balaban J connectivity index is 2.67. The minimum atomic E-state index is -0.167. The van der Waals surface area contributed by atoms with Gasteiger partial charge in [-0.15, -0.1) is 0 Å². The molecule has 2 N–H and O–H groups in total. The molecule has 0 aliphatic rings. The number of nitrogens with zero attached hydrogens (tertiary/aromatic N) is 1. The van der Waals surface area contributed by atoms with Crippen LogP contribution in [-0.2, 0) is 11.2 Å². The van der Waals surface area contributed by atoms with Crippen LogP contribution >= 0.6 is 0 Å². The summed E-state index contributed by atoms with van der Waals surface area (Å²) in [5, 5.41) is 0. The van der Waals surface area contributed by atoms with E-state index in [4.69, 9.17) is 15.2 Å². The van der Waals surface area contributed by atoms with E-state index in [1.807, 2.05) is 39.8 Å². The van der Waals surface area contributed by atoms with Crippen LogP contribution < -0.4 is 10.5 Å². The van der Waals surface area contributed by atoms with Gasteiger partial charge in [-0.05, 0) is 39.8 Å². The number of methoxy groups -OCH3 is 1. The standard InChI is InChI=1S/C15H26N2O2/c1-11(16)10-13-14(7-6-12(2)17-13)19-9-8-15(3,4)18-5/h6-7,11H,8-10,16H2,1-5H3. The van der Waals surface area contributed by atoms with Crippen molar-refractivity contribution in [3.63, 3.8) is 0 Å². The predicted octanol–water partition coefficient (Wildman–Crippen LogP) is 2.47. The van der Waals surface area contributed by atoms with E-state index < -0.39 is 0 Å². The van der Waals surface area contributed by atoms with Crippen LogP contribution in [0.25, 0.3) is 0 Å². The van der Waals surface area contributed by atoms with Crippen LogP contribution in [0.3, 0.4) is 0 Å². The lowest BCUT2D eigenvalue weighted by Crippen LogP contribution is -2.25. The predicted molar refractivity (Wildman–Crippen MR) is 77.5 cm³/mol. The Morgan fingerprint density at radius 1 is 1.37 bits per heavy atom. The van der Waals surface area contributed by atoms with Gasteiger partial charge in [0, 0.05) is 31.7 Å². The molecule has 0 bridgehead atoms. The summed E-state index contributed by atoms with van der Waals surface area (Å²) in [5.74, 6) is 0.829. The number of pyridine rings is 1. The monoisotopic (exact) mass is 266 g/mol. The van der Waals surface area contributed by atoms with E-state index in [0.717, 1.165) is 30.0 Å². The summed E-state index contributed by atoms with van der Waals surface area (Å²) in [4.78, 5) is 4.51. The number of nitrogens with two attached hydrogens (primary N) is 1. The van der Waals surface area contributed by atoms with Crippen molar-refractivity contribution >= 4 is 0 Å². The van der Waals surface area contributed by atoms with E-state index in [-0.39, 0.29) is 11.6 Å². The van der Waals surface area contributed by atoms with Crippen molar-refractivity contribution in [3.8, 4) is 5.75 Å². The summed E-state index contributed by atoms with van der Waals surface area (Å²) in [6.07, 6.45) is 1.56.